The highest BCUT2D eigenvalue weighted by Gasteiger charge is 2.32. The number of hydrogen-bond donors (Lipinski definition) is 1. The standard InChI is InChI=1S/C32H49NO9/c1-9-31(5,6)28(35)41-25-17-16-22(19-26(25)42-29(36)32(7,8)10-2)18-24(33)27(34)38-20(3)21(4)39-30(37)40-23-14-12-11-13-15-23/h16-17,19-21,23-24H,9-15,18,33H2,1-8H3/t20-,21?,24-/m0/s1. The zero-order valence-electron chi connectivity index (χ0n) is 26.4. The van der Waals surface area contributed by atoms with Gasteiger partial charge in [-0.3, -0.25) is 14.4 Å². The first kappa shape index (κ1) is 35.1. The van der Waals surface area contributed by atoms with Gasteiger partial charge in [-0.15, -0.1) is 0 Å². The van der Waals surface area contributed by atoms with Gasteiger partial charge in [-0.05, 0) is 104 Å². The molecule has 2 N–H and O–H groups in total. The van der Waals surface area contributed by atoms with Gasteiger partial charge in [0.25, 0.3) is 0 Å². The average molecular weight is 592 g/mol. The minimum Gasteiger partial charge on any atom is -0.458 e. The highest BCUT2D eigenvalue weighted by atomic mass is 16.7. The van der Waals surface area contributed by atoms with Gasteiger partial charge in [-0.25, -0.2) is 4.79 Å². The Morgan fingerprint density at radius 2 is 1.36 bits per heavy atom. The summed E-state index contributed by atoms with van der Waals surface area (Å²) in [6, 6.07) is 3.65. The number of benzene rings is 1. The van der Waals surface area contributed by atoms with Gasteiger partial charge in [0.05, 0.1) is 10.8 Å². The minimum atomic E-state index is -1.06. The molecule has 1 aromatic carbocycles. The lowest BCUT2D eigenvalue weighted by Gasteiger charge is -2.25. The summed E-state index contributed by atoms with van der Waals surface area (Å²) in [4.78, 5) is 50.6. The van der Waals surface area contributed by atoms with Crippen molar-refractivity contribution in [3.63, 3.8) is 0 Å². The molecular formula is C32H49NO9. The van der Waals surface area contributed by atoms with Crippen molar-refractivity contribution < 1.29 is 42.9 Å². The van der Waals surface area contributed by atoms with E-state index in [-0.39, 0.29) is 24.0 Å². The highest BCUT2D eigenvalue weighted by Crippen LogP contribution is 2.34. The lowest BCUT2D eigenvalue weighted by molar-refractivity contribution is -0.156. The van der Waals surface area contributed by atoms with E-state index in [0.29, 0.717) is 18.4 Å². The van der Waals surface area contributed by atoms with Crippen molar-refractivity contribution in [1.29, 1.82) is 0 Å². The average Bonchev–Trinajstić information content (AvgIpc) is 2.94. The molecule has 0 heterocycles. The smallest absolute Gasteiger partial charge is 0.458 e. The molecule has 1 saturated carbocycles. The Morgan fingerprint density at radius 3 is 1.90 bits per heavy atom. The van der Waals surface area contributed by atoms with Gasteiger partial charge in [0.15, 0.2) is 11.5 Å². The molecule has 1 unspecified atom stereocenters. The molecule has 0 radical (unpaired) electrons. The SMILES string of the molecule is CCC(C)(C)C(=O)Oc1ccc(C[C@H](N)C(=O)O[C@@H](C)C(C)OC(=O)OC2CCCCC2)cc1OC(=O)C(C)(C)CC. The van der Waals surface area contributed by atoms with Crippen molar-refractivity contribution in [2.24, 2.45) is 16.6 Å². The summed E-state index contributed by atoms with van der Waals surface area (Å²) in [5.41, 5.74) is 5.22. The van der Waals surface area contributed by atoms with E-state index in [1.54, 1.807) is 47.6 Å². The van der Waals surface area contributed by atoms with Crippen molar-refractivity contribution in [2.45, 2.75) is 131 Å². The van der Waals surface area contributed by atoms with Gasteiger partial charge >= 0.3 is 24.1 Å². The number of carbonyl (C=O) groups is 4. The monoisotopic (exact) mass is 591 g/mol. The summed E-state index contributed by atoms with van der Waals surface area (Å²) < 4.78 is 27.5. The molecule has 2 rings (SSSR count). The van der Waals surface area contributed by atoms with Crippen LogP contribution in [0, 0.1) is 10.8 Å². The summed E-state index contributed by atoms with van der Waals surface area (Å²) in [7, 11) is 0. The summed E-state index contributed by atoms with van der Waals surface area (Å²) >= 11 is 0. The van der Waals surface area contributed by atoms with E-state index < -0.39 is 53.1 Å². The minimum absolute atomic E-state index is 0.0565. The molecule has 0 bridgehead atoms. The maximum Gasteiger partial charge on any atom is 0.508 e. The number of nitrogens with two attached hydrogens (primary N) is 1. The molecule has 10 nitrogen and oxygen atoms in total. The second-order valence-corrected chi connectivity index (χ2v) is 12.4. The van der Waals surface area contributed by atoms with Crippen LogP contribution < -0.4 is 15.2 Å². The first-order valence-corrected chi connectivity index (χ1v) is 15.0. The maximum absolute atomic E-state index is 12.9. The van der Waals surface area contributed by atoms with Gasteiger partial charge in [0, 0.05) is 0 Å². The fourth-order valence-corrected chi connectivity index (χ4v) is 3.91. The number of rotatable bonds is 13. The Kier molecular flexibility index (Phi) is 12.8. The molecule has 1 aliphatic carbocycles. The molecule has 0 saturated heterocycles. The van der Waals surface area contributed by atoms with Crippen LogP contribution in [0.4, 0.5) is 4.79 Å². The van der Waals surface area contributed by atoms with Crippen molar-refractivity contribution in [3.05, 3.63) is 23.8 Å². The molecule has 3 atom stereocenters. The van der Waals surface area contributed by atoms with Crippen LogP contribution in [-0.2, 0) is 35.0 Å². The van der Waals surface area contributed by atoms with Gasteiger partial charge < -0.3 is 29.4 Å². The van der Waals surface area contributed by atoms with Crippen molar-refractivity contribution in [2.75, 3.05) is 0 Å². The Morgan fingerprint density at radius 1 is 0.833 bits per heavy atom. The number of hydrogen-bond acceptors (Lipinski definition) is 10. The first-order valence-electron chi connectivity index (χ1n) is 15.0. The van der Waals surface area contributed by atoms with E-state index in [1.165, 1.54) is 12.1 Å². The van der Waals surface area contributed by atoms with E-state index in [2.05, 4.69) is 0 Å². The van der Waals surface area contributed by atoms with Crippen LogP contribution in [0.3, 0.4) is 0 Å². The van der Waals surface area contributed by atoms with Crippen LogP contribution in [0.2, 0.25) is 0 Å². The zero-order valence-corrected chi connectivity index (χ0v) is 26.4. The van der Waals surface area contributed by atoms with Crippen molar-refractivity contribution in [1.82, 2.24) is 0 Å². The second-order valence-electron chi connectivity index (χ2n) is 12.4. The fraction of sp³-hybridized carbons (Fsp3) is 0.688. The molecule has 0 spiro atoms. The summed E-state index contributed by atoms with van der Waals surface area (Å²) in [6.07, 6.45) is 3.54. The predicted octanol–water partition coefficient (Wildman–Crippen LogP) is 6.05. The summed E-state index contributed by atoms with van der Waals surface area (Å²) in [6.45, 7) is 14.0. The van der Waals surface area contributed by atoms with Crippen molar-refractivity contribution in [3.8, 4) is 11.5 Å². The second kappa shape index (κ2) is 15.4. The molecular weight excluding hydrogens is 542 g/mol. The molecule has 1 fully saturated rings. The van der Waals surface area contributed by atoms with Crippen molar-refractivity contribution >= 4 is 24.1 Å². The lowest BCUT2D eigenvalue weighted by atomic mass is 9.90. The van der Waals surface area contributed by atoms with E-state index >= 15 is 0 Å². The highest BCUT2D eigenvalue weighted by molar-refractivity contribution is 5.81. The molecule has 0 aliphatic heterocycles. The van der Waals surface area contributed by atoms with Gasteiger partial charge in [0.1, 0.15) is 24.4 Å². The predicted molar refractivity (Wildman–Crippen MR) is 157 cm³/mol. The Bertz CT molecular complexity index is 1090. The Hall–Kier alpha value is -3.14. The molecule has 10 heteroatoms. The van der Waals surface area contributed by atoms with Crippen LogP contribution in [0.25, 0.3) is 0 Å². The van der Waals surface area contributed by atoms with E-state index in [1.807, 2.05) is 13.8 Å². The number of carbonyl (C=O) groups excluding carboxylic acids is 4. The van der Waals surface area contributed by atoms with E-state index in [0.717, 1.165) is 32.1 Å². The van der Waals surface area contributed by atoms with Gasteiger partial charge in [-0.1, -0.05) is 26.3 Å². The molecule has 1 aliphatic rings. The molecule has 1 aromatic rings. The lowest BCUT2D eigenvalue weighted by Crippen LogP contribution is -2.39. The third-order valence-electron chi connectivity index (χ3n) is 8.11. The zero-order chi connectivity index (χ0) is 31.7. The summed E-state index contributed by atoms with van der Waals surface area (Å²) in [5.74, 6) is -1.47. The van der Waals surface area contributed by atoms with Gasteiger partial charge in [0.2, 0.25) is 0 Å². The summed E-state index contributed by atoms with van der Waals surface area (Å²) in [5, 5.41) is 0. The quantitative estimate of drug-likeness (QED) is 0.213. The Labute approximate surface area is 249 Å². The van der Waals surface area contributed by atoms with Crippen LogP contribution >= 0.6 is 0 Å². The van der Waals surface area contributed by atoms with Crippen LogP contribution in [0.1, 0.15) is 106 Å². The molecule has 0 aromatic heterocycles. The van der Waals surface area contributed by atoms with E-state index in [9.17, 15) is 19.2 Å². The van der Waals surface area contributed by atoms with E-state index in [4.69, 9.17) is 29.4 Å². The molecule has 236 valence electrons. The van der Waals surface area contributed by atoms with Gasteiger partial charge in [-0.2, -0.15) is 0 Å². The normalized spacial score (nSPS) is 16.5. The fourth-order valence-electron chi connectivity index (χ4n) is 3.91. The molecule has 42 heavy (non-hydrogen) atoms. The van der Waals surface area contributed by atoms with Crippen LogP contribution in [0.5, 0.6) is 11.5 Å². The maximum atomic E-state index is 12.9. The van der Waals surface area contributed by atoms with Crippen LogP contribution in [0.15, 0.2) is 18.2 Å². The molecule has 0 amide bonds. The number of esters is 3. The van der Waals surface area contributed by atoms with Crippen LogP contribution in [-0.4, -0.2) is 48.4 Å². The Balaban J connectivity index is 2.08. The third-order valence-corrected chi connectivity index (χ3v) is 8.11. The third kappa shape index (κ3) is 10.3. The largest absolute Gasteiger partial charge is 0.508 e. The number of ether oxygens (including phenoxy) is 5. The first-order chi connectivity index (χ1) is 19.6. The topological polar surface area (TPSA) is 140 Å².